The zero-order chi connectivity index (χ0) is 13.7. The van der Waals surface area contributed by atoms with Crippen LogP contribution in [0.25, 0.3) is 0 Å². The molecule has 0 aliphatic carbocycles. The number of ether oxygens (including phenoxy) is 1. The second-order valence-electron chi connectivity index (χ2n) is 5.37. The van der Waals surface area contributed by atoms with Crippen molar-refractivity contribution < 1.29 is 9.53 Å². The van der Waals surface area contributed by atoms with Gasteiger partial charge in [0.15, 0.2) is 5.96 Å². The maximum absolute atomic E-state index is 11.2. The van der Waals surface area contributed by atoms with Crippen LogP contribution in [-0.4, -0.2) is 63.7 Å². The lowest BCUT2D eigenvalue weighted by molar-refractivity contribution is -0.120. The van der Waals surface area contributed by atoms with Gasteiger partial charge in [0.05, 0.1) is 6.61 Å². The van der Waals surface area contributed by atoms with Crippen molar-refractivity contribution in [2.45, 2.75) is 19.3 Å². The molecule has 19 heavy (non-hydrogen) atoms. The van der Waals surface area contributed by atoms with Gasteiger partial charge in [0.25, 0.3) is 0 Å². The summed E-state index contributed by atoms with van der Waals surface area (Å²) in [5.74, 6) is 0.942. The average molecular weight is 268 g/mol. The van der Waals surface area contributed by atoms with E-state index in [1.54, 1.807) is 14.1 Å². The maximum atomic E-state index is 11.2. The number of likely N-dealkylation sites (tertiary alicyclic amines) is 1. The maximum Gasteiger partial charge on any atom is 0.221 e. The van der Waals surface area contributed by atoms with Gasteiger partial charge in [0, 0.05) is 52.2 Å². The van der Waals surface area contributed by atoms with Crippen molar-refractivity contribution in [3.63, 3.8) is 0 Å². The molecule has 0 bridgehead atoms. The van der Waals surface area contributed by atoms with Gasteiger partial charge >= 0.3 is 0 Å². The number of guanidine groups is 1. The Labute approximate surface area is 114 Å². The lowest BCUT2D eigenvalue weighted by Gasteiger charge is -2.24. The Morgan fingerprint density at radius 1 is 1.47 bits per heavy atom. The highest BCUT2D eigenvalue weighted by molar-refractivity contribution is 5.81. The molecule has 0 aromatic carbocycles. The Balaban J connectivity index is 1.81. The van der Waals surface area contributed by atoms with Crippen molar-refractivity contribution in [2.75, 3.05) is 46.9 Å². The van der Waals surface area contributed by atoms with Crippen LogP contribution in [0, 0.1) is 5.41 Å². The van der Waals surface area contributed by atoms with Crippen molar-refractivity contribution in [2.24, 2.45) is 10.4 Å². The minimum atomic E-state index is 0.0463. The standard InChI is InChI=1S/C13H24N4O2/c1-14-11(18)3-6-16-12(15-2)17-7-4-13(9-17)5-8-19-10-13/h3-10H2,1-2H3,(H,14,18)(H,15,16). The molecule has 2 aliphatic heterocycles. The van der Waals surface area contributed by atoms with Crippen molar-refractivity contribution >= 4 is 11.9 Å². The summed E-state index contributed by atoms with van der Waals surface area (Å²) in [6.45, 7) is 4.40. The van der Waals surface area contributed by atoms with Crippen LogP contribution in [0.3, 0.4) is 0 Å². The Hall–Kier alpha value is -1.30. The first-order valence-electron chi connectivity index (χ1n) is 6.93. The number of rotatable bonds is 3. The van der Waals surface area contributed by atoms with Crippen LogP contribution in [0.2, 0.25) is 0 Å². The first-order valence-corrected chi connectivity index (χ1v) is 6.93. The van der Waals surface area contributed by atoms with Gasteiger partial charge < -0.3 is 20.3 Å². The van der Waals surface area contributed by atoms with Crippen LogP contribution in [0.5, 0.6) is 0 Å². The predicted octanol–water partition coefficient (Wildman–Crippen LogP) is -0.190. The van der Waals surface area contributed by atoms with Gasteiger partial charge in [-0.1, -0.05) is 0 Å². The molecule has 2 fully saturated rings. The highest BCUT2D eigenvalue weighted by Gasteiger charge is 2.42. The summed E-state index contributed by atoms with van der Waals surface area (Å²) in [6, 6.07) is 0. The summed E-state index contributed by atoms with van der Waals surface area (Å²) in [5, 5.41) is 5.87. The number of hydrogen-bond acceptors (Lipinski definition) is 3. The number of carbonyl (C=O) groups excluding carboxylic acids is 1. The molecule has 6 heteroatoms. The van der Waals surface area contributed by atoms with E-state index in [0.29, 0.717) is 18.4 Å². The van der Waals surface area contributed by atoms with Gasteiger partial charge in [-0.05, 0) is 12.8 Å². The summed E-state index contributed by atoms with van der Waals surface area (Å²) >= 11 is 0. The van der Waals surface area contributed by atoms with Crippen molar-refractivity contribution in [1.82, 2.24) is 15.5 Å². The van der Waals surface area contributed by atoms with Crippen LogP contribution in [0.15, 0.2) is 4.99 Å². The van der Waals surface area contributed by atoms with Gasteiger partial charge in [-0.25, -0.2) is 0 Å². The van der Waals surface area contributed by atoms with Crippen LogP contribution < -0.4 is 10.6 Å². The number of amides is 1. The van der Waals surface area contributed by atoms with E-state index < -0.39 is 0 Å². The molecule has 0 radical (unpaired) electrons. The summed E-state index contributed by atoms with van der Waals surface area (Å²) in [5.41, 5.74) is 0.332. The van der Waals surface area contributed by atoms with E-state index in [2.05, 4.69) is 20.5 Å². The largest absolute Gasteiger partial charge is 0.381 e. The summed E-state index contributed by atoms with van der Waals surface area (Å²) in [6.07, 6.45) is 2.79. The Morgan fingerprint density at radius 2 is 2.32 bits per heavy atom. The molecule has 108 valence electrons. The molecule has 1 spiro atoms. The van der Waals surface area contributed by atoms with Gasteiger partial charge in [0.2, 0.25) is 5.91 Å². The van der Waals surface area contributed by atoms with Gasteiger partial charge in [-0.3, -0.25) is 9.79 Å². The fourth-order valence-electron chi connectivity index (χ4n) is 2.83. The topological polar surface area (TPSA) is 66.0 Å². The molecule has 2 aliphatic rings. The van der Waals surface area contributed by atoms with E-state index in [1.165, 1.54) is 6.42 Å². The van der Waals surface area contributed by atoms with E-state index in [1.807, 2.05) is 0 Å². The highest BCUT2D eigenvalue weighted by Crippen LogP contribution is 2.38. The first-order chi connectivity index (χ1) is 9.19. The van der Waals surface area contributed by atoms with Crippen LogP contribution in [-0.2, 0) is 9.53 Å². The third-order valence-corrected chi connectivity index (χ3v) is 4.05. The molecule has 1 atom stereocenters. The van der Waals surface area contributed by atoms with Crippen molar-refractivity contribution in [1.29, 1.82) is 0 Å². The molecule has 0 aromatic rings. The fraction of sp³-hybridized carbons (Fsp3) is 0.846. The van der Waals surface area contributed by atoms with E-state index >= 15 is 0 Å². The Bertz CT molecular complexity index is 351. The lowest BCUT2D eigenvalue weighted by Crippen LogP contribution is -2.42. The number of hydrogen-bond donors (Lipinski definition) is 2. The molecule has 2 N–H and O–H groups in total. The molecule has 2 saturated heterocycles. The molecule has 2 heterocycles. The van der Waals surface area contributed by atoms with Crippen molar-refractivity contribution in [3.05, 3.63) is 0 Å². The molecule has 1 amide bonds. The molecule has 0 saturated carbocycles. The molecule has 6 nitrogen and oxygen atoms in total. The summed E-state index contributed by atoms with van der Waals surface area (Å²) < 4.78 is 5.53. The third kappa shape index (κ3) is 3.37. The third-order valence-electron chi connectivity index (χ3n) is 4.05. The second-order valence-corrected chi connectivity index (χ2v) is 5.37. The normalized spacial score (nSPS) is 27.1. The minimum absolute atomic E-state index is 0.0463. The minimum Gasteiger partial charge on any atom is -0.381 e. The highest BCUT2D eigenvalue weighted by atomic mass is 16.5. The second kappa shape index (κ2) is 6.23. The zero-order valence-electron chi connectivity index (χ0n) is 11.9. The van der Waals surface area contributed by atoms with Gasteiger partial charge in [-0.15, -0.1) is 0 Å². The number of carbonyl (C=O) groups is 1. The molecular formula is C13H24N4O2. The van der Waals surface area contributed by atoms with E-state index in [9.17, 15) is 4.79 Å². The fourth-order valence-corrected chi connectivity index (χ4v) is 2.83. The molecule has 0 aromatic heterocycles. The molecule has 1 unspecified atom stereocenters. The van der Waals surface area contributed by atoms with E-state index in [0.717, 1.165) is 38.7 Å². The molecule has 2 rings (SSSR count). The summed E-state index contributed by atoms with van der Waals surface area (Å²) in [7, 11) is 3.44. The lowest BCUT2D eigenvalue weighted by atomic mass is 9.87. The SMILES string of the molecule is CN=C(NCCC(=O)NC)N1CCC2(CCOC2)C1. The first kappa shape index (κ1) is 14.1. The Morgan fingerprint density at radius 3 is 2.95 bits per heavy atom. The number of nitrogens with one attached hydrogen (secondary N) is 2. The number of nitrogens with zero attached hydrogens (tertiary/aromatic N) is 2. The van der Waals surface area contributed by atoms with E-state index in [-0.39, 0.29) is 5.91 Å². The molecular weight excluding hydrogens is 244 g/mol. The van der Waals surface area contributed by atoms with E-state index in [4.69, 9.17) is 4.74 Å². The average Bonchev–Trinajstić information content (AvgIpc) is 3.05. The monoisotopic (exact) mass is 268 g/mol. The quantitative estimate of drug-likeness (QED) is 0.550. The van der Waals surface area contributed by atoms with Crippen LogP contribution in [0.4, 0.5) is 0 Å². The van der Waals surface area contributed by atoms with Crippen LogP contribution in [0.1, 0.15) is 19.3 Å². The Kier molecular flexibility index (Phi) is 4.63. The summed E-state index contributed by atoms with van der Waals surface area (Å²) in [4.78, 5) is 17.8. The van der Waals surface area contributed by atoms with Crippen molar-refractivity contribution in [3.8, 4) is 0 Å². The van der Waals surface area contributed by atoms with Gasteiger partial charge in [0.1, 0.15) is 0 Å². The van der Waals surface area contributed by atoms with Crippen LogP contribution >= 0.6 is 0 Å². The predicted molar refractivity (Wildman–Crippen MR) is 74.1 cm³/mol. The smallest absolute Gasteiger partial charge is 0.221 e. The number of aliphatic imine (C=N–C) groups is 1. The zero-order valence-corrected chi connectivity index (χ0v) is 11.9. The van der Waals surface area contributed by atoms with Gasteiger partial charge in [-0.2, -0.15) is 0 Å².